The summed E-state index contributed by atoms with van der Waals surface area (Å²) in [5, 5.41) is 10.7. The van der Waals surface area contributed by atoms with Gasteiger partial charge in [0.2, 0.25) is 10.0 Å². The van der Waals surface area contributed by atoms with Crippen LogP contribution in [0.4, 0.5) is 10.5 Å². The van der Waals surface area contributed by atoms with Crippen molar-refractivity contribution in [3.63, 3.8) is 0 Å². The monoisotopic (exact) mass is 363 g/mol. The van der Waals surface area contributed by atoms with Crippen LogP contribution in [-0.4, -0.2) is 20.2 Å². The van der Waals surface area contributed by atoms with E-state index in [1.54, 1.807) is 11.8 Å². The Hall–Kier alpha value is -2.03. The van der Waals surface area contributed by atoms with Gasteiger partial charge >= 0.3 is 6.03 Å². The Kier molecular flexibility index (Phi) is 4.79. The van der Waals surface area contributed by atoms with Crippen LogP contribution in [-0.2, 0) is 10.0 Å². The first-order valence-electron chi connectivity index (χ1n) is 7.35. The van der Waals surface area contributed by atoms with Crippen LogP contribution < -0.4 is 15.8 Å². The van der Waals surface area contributed by atoms with Crippen molar-refractivity contribution < 1.29 is 13.2 Å². The number of rotatable bonds is 3. The van der Waals surface area contributed by atoms with E-state index in [0.29, 0.717) is 5.69 Å². The molecule has 0 aliphatic carbocycles. The predicted octanol–water partition coefficient (Wildman–Crippen LogP) is 2.69. The number of urea groups is 1. The number of amides is 2. The number of hydrogen-bond donors (Lipinski definition) is 3. The fourth-order valence-electron chi connectivity index (χ4n) is 2.55. The number of carbonyl (C=O) groups is 1. The standard InChI is InChI=1S/C16H17N3O3S2/c17-24(21,22)12-7-5-11(6-8-12)18-16(20)19-14-9-10-23-15-4-2-1-3-13(14)15/h1-8,14H,9-10H2,(H2,17,21,22)(H2,18,19,20)/t14-/m0/s1. The number of hydrogen-bond acceptors (Lipinski definition) is 4. The Balaban J connectivity index is 1.66. The lowest BCUT2D eigenvalue weighted by atomic mass is 10.0. The summed E-state index contributed by atoms with van der Waals surface area (Å²) in [6.45, 7) is 0. The first-order chi connectivity index (χ1) is 11.4. The second-order valence-electron chi connectivity index (χ2n) is 5.40. The van der Waals surface area contributed by atoms with Crippen LogP contribution in [0.5, 0.6) is 0 Å². The Morgan fingerprint density at radius 2 is 1.83 bits per heavy atom. The van der Waals surface area contributed by atoms with Crippen LogP contribution in [0.25, 0.3) is 0 Å². The third kappa shape index (κ3) is 3.89. The van der Waals surface area contributed by atoms with Gasteiger partial charge in [0.05, 0.1) is 10.9 Å². The number of sulfonamides is 1. The first kappa shape index (κ1) is 16.8. The molecule has 2 aromatic carbocycles. The fraction of sp³-hybridized carbons (Fsp3) is 0.188. The maximum absolute atomic E-state index is 12.2. The summed E-state index contributed by atoms with van der Waals surface area (Å²) >= 11 is 1.79. The van der Waals surface area contributed by atoms with Crippen LogP contribution >= 0.6 is 11.8 Å². The molecule has 0 saturated carbocycles. The molecule has 24 heavy (non-hydrogen) atoms. The van der Waals surface area contributed by atoms with Crippen LogP contribution in [0.3, 0.4) is 0 Å². The van der Waals surface area contributed by atoms with Crippen molar-refractivity contribution >= 4 is 33.5 Å². The summed E-state index contributed by atoms with van der Waals surface area (Å²) in [7, 11) is -3.73. The molecular formula is C16H17N3O3S2. The molecule has 1 aliphatic heterocycles. The molecule has 6 nitrogen and oxygen atoms in total. The smallest absolute Gasteiger partial charge is 0.319 e. The van der Waals surface area contributed by atoms with E-state index in [1.807, 2.05) is 18.2 Å². The van der Waals surface area contributed by atoms with Crippen molar-refractivity contribution in [1.29, 1.82) is 0 Å². The zero-order chi connectivity index (χ0) is 17.2. The molecule has 8 heteroatoms. The van der Waals surface area contributed by atoms with Gasteiger partial charge in [0.15, 0.2) is 0 Å². The lowest BCUT2D eigenvalue weighted by Gasteiger charge is -2.25. The average molecular weight is 363 g/mol. The topological polar surface area (TPSA) is 101 Å². The minimum atomic E-state index is -3.73. The van der Waals surface area contributed by atoms with E-state index in [2.05, 4.69) is 16.7 Å². The molecule has 0 fully saturated rings. The summed E-state index contributed by atoms with van der Waals surface area (Å²) in [5.74, 6) is 0.949. The van der Waals surface area contributed by atoms with Crippen molar-refractivity contribution in [2.75, 3.05) is 11.1 Å². The second-order valence-corrected chi connectivity index (χ2v) is 8.09. The van der Waals surface area contributed by atoms with Gasteiger partial charge in [-0.25, -0.2) is 18.4 Å². The van der Waals surface area contributed by atoms with Crippen molar-refractivity contribution in [3.8, 4) is 0 Å². The van der Waals surface area contributed by atoms with Crippen molar-refractivity contribution in [2.24, 2.45) is 5.14 Å². The maximum atomic E-state index is 12.2. The Bertz CT molecular complexity index is 851. The van der Waals surface area contributed by atoms with Crippen molar-refractivity contribution in [3.05, 3.63) is 54.1 Å². The molecular weight excluding hydrogens is 346 g/mol. The fourth-order valence-corrected chi connectivity index (χ4v) is 4.19. The highest BCUT2D eigenvalue weighted by Crippen LogP contribution is 2.35. The molecule has 1 atom stereocenters. The molecule has 4 N–H and O–H groups in total. The van der Waals surface area contributed by atoms with Gasteiger partial charge in [0, 0.05) is 16.3 Å². The Morgan fingerprint density at radius 1 is 1.12 bits per heavy atom. The van der Waals surface area contributed by atoms with Crippen LogP contribution in [0.15, 0.2) is 58.3 Å². The molecule has 3 rings (SSSR count). The number of benzene rings is 2. The normalized spacial score (nSPS) is 17.0. The van der Waals surface area contributed by atoms with E-state index < -0.39 is 10.0 Å². The molecule has 2 amide bonds. The van der Waals surface area contributed by atoms with Gasteiger partial charge in [-0.05, 0) is 42.3 Å². The van der Waals surface area contributed by atoms with Gasteiger partial charge in [-0.15, -0.1) is 11.8 Å². The number of thioether (sulfide) groups is 1. The van der Waals surface area contributed by atoms with E-state index in [-0.39, 0.29) is 17.0 Å². The minimum absolute atomic E-state index is 0.00620. The summed E-state index contributed by atoms with van der Waals surface area (Å²) in [6.07, 6.45) is 0.861. The maximum Gasteiger partial charge on any atom is 0.319 e. The van der Waals surface area contributed by atoms with E-state index in [0.717, 1.165) is 17.7 Å². The molecule has 2 aromatic rings. The van der Waals surface area contributed by atoms with Gasteiger partial charge < -0.3 is 10.6 Å². The number of primary sulfonamides is 1. The zero-order valence-electron chi connectivity index (χ0n) is 12.7. The van der Waals surface area contributed by atoms with E-state index in [4.69, 9.17) is 5.14 Å². The Labute approximate surface area is 144 Å². The van der Waals surface area contributed by atoms with Gasteiger partial charge in [-0.2, -0.15) is 0 Å². The quantitative estimate of drug-likeness (QED) is 0.780. The Morgan fingerprint density at radius 3 is 2.54 bits per heavy atom. The van der Waals surface area contributed by atoms with Crippen LogP contribution in [0.1, 0.15) is 18.0 Å². The van der Waals surface area contributed by atoms with E-state index >= 15 is 0 Å². The SMILES string of the molecule is NS(=O)(=O)c1ccc(NC(=O)N[C@H]2CCSc3ccccc32)cc1. The summed E-state index contributed by atoms with van der Waals surface area (Å²) in [4.78, 5) is 13.4. The van der Waals surface area contributed by atoms with Gasteiger partial charge in [-0.1, -0.05) is 18.2 Å². The highest BCUT2D eigenvalue weighted by Gasteiger charge is 2.21. The predicted molar refractivity (Wildman–Crippen MR) is 94.5 cm³/mol. The molecule has 0 radical (unpaired) electrons. The highest BCUT2D eigenvalue weighted by molar-refractivity contribution is 7.99. The summed E-state index contributed by atoms with van der Waals surface area (Å²) in [6, 6.07) is 13.4. The molecule has 0 aromatic heterocycles. The van der Waals surface area contributed by atoms with Gasteiger partial charge in [0.1, 0.15) is 0 Å². The number of nitrogens with one attached hydrogen (secondary N) is 2. The molecule has 0 unspecified atom stereocenters. The summed E-state index contributed by atoms with van der Waals surface area (Å²) in [5.41, 5.74) is 1.62. The van der Waals surface area contributed by atoms with Crippen LogP contribution in [0.2, 0.25) is 0 Å². The van der Waals surface area contributed by atoms with Crippen molar-refractivity contribution in [2.45, 2.75) is 22.3 Å². The number of carbonyl (C=O) groups excluding carboxylic acids is 1. The minimum Gasteiger partial charge on any atom is -0.331 e. The summed E-state index contributed by atoms with van der Waals surface area (Å²) < 4.78 is 22.4. The third-order valence-electron chi connectivity index (χ3n) is 3.70. The zero-order valence-corrected chi connectivity index (χ0v) is 14.4. The van der Waals surface area contributed by atoms with Crippen LogP contribution in [0, 0.1) is 0 Å². The second kappa shape index (κ2) is 6.84. The molecule has 0 bridgehead atoms. The lowest BCUT2D eigenvalue weighted by Crippen LogP contribution is -2.34. The largest absolute Gasteiger partial charge is 0.331 e. The molecule has 0 saturated heterocycles. The lowest BCUT2D eigenvalue weighted by molar-refractivity contribution is 0.248. The first-order valence-corrected chi connectivity index (χ1v) is 9.89. The molecule has 0 spiro atoms. The molecule has 1 aliphatic rings. The van der Waals surface area contributed by atoms with E-state index in [1.165, 1.54) is 29.2 Å². The number of nitrogens with two attached hydrogens (primary N) is 1. The molecule has 126 valence electrons. The van der Waals surface area contributed by atoms with Gasteiger partial charge in [-0.3, -0.25) is 0 Å². The number of anilines is 1. The number of fused-ring (bicyclic) bond motifs is 1. The molecule has 1 heterocycles. The average Bonchev–Trinajstić information content (AvgIpc) is 2.55. The van der Waals surface area contributed by atoms with Gasteiger partial charge in [0.25, 0.3) is 0 Å². The highest BCUT2D eigenvalue weighted by atomic mass is 32.2. The third-order valence-corrected chi connectivity index (χ3v) is 5.76. The van der Waals surface area contributed by atoms with Crippen molar-refractivity contribution in [1.82, 2.24) is 5.32 Å². The van der Waals surface area contributed by atoms with E-state index in [9.17, 15) is 13.2 Å².